The topological polar surface area (TPSA) is 70.9 Å². The van der Waals surface area contributed by atoms with Gasteiger partial charge in [-0.1, -0.05) is 19.1 Å². The summed E-state index contributed by atoms with van der Waals surface area (Å²) < 4.78 is 0. The smallest absolute Gasteiger partial charge is 0.243 e. The van der Waals surface area contributed by atoms with Gasteiger partial charge in [0.1, 0.15) is 5.52 Å². The van der Waals surface area contributed by atoms with Crippen molar-refractivity contribution < 1.29 is 5.11 Å². The molecule has 1 atom stereocenters. The zero-order valence-electron chi connectivity index (χ0n) is 9.80. The highest BCUT2D eigenvalue weighted by Gasteiger charge is 2.04. The number of benzene rings is 1. The summed E-state index contributed by atoms with van der Waals surface area (Å²) in [7, 11) is 0. The van der Waals surface area contributed by atoms with Gasteiger partial charge in [0.15, 0.2) is 0 Å². The predicted octanol–water partition coefficient (Wildman–Crippen LogP) is 1.46. The summed E-state index contributed by atoms with van der Waals surface area (Å²) in [6, 6.07) is 7.63. The lowest BCUT2D eigenvalue weighted by molar-refractivity contribution is 0.265. The number of anilines is 1. The van der Waals surface area contributed by atoms with Gasteiger partial charge in [-0.05, 0) is 24.5 Å². The minimum atomic E-state index is 0.208. The Morgan fingerprint density at radius 3 is 2.76 bits per heavy atom. The van der Waals surface area contributed by atoms with Crippen LogP contribution in [0.25, 0.3) is 11.0 Å². The van der Waals surface area contributed by atoms with Gasteiger partial charge in [-0.2, -0.15) is 0 Å². The van der Waals surface area contributed by atoms with Crippen molar-refractivity contribution in [1.29, 1.82) is 0 Å². The van der Waals surface area contributed by atoms with Gasteiger partial charge in [0.25, 0.3) is 0 Å². The maximum Gasteiger partial charge on any atom is 0.243 e. The van der Waals surface area contributed by atoms with E-state index in [1.807, 2.05) is 24.3 Å². The summed E-state index contributed by atoms with van der Waals surface area (Å²) in [5, 5.41) is 20.0. The molecule has 5 heteroatoms. The third kappa shape index (κ3) is 3.10. The fourth-order valence-electron chi connectivity index (χ4n) is 1.54. The minimum absolute atomic E-state index is 0.208. The molecule has 0 aliphatic rings. The van der Waals surface area contributed by atoms with Gasteiger partial charge in [0.2, 0.25) is 5.95 Å². The van der Waals surface area contributed by atoms with Gasteiger partial charge < -0.3 is 10.4 Å². The third-order valence-corrected chi connectivity index (χ3v) is 2.59. The highest BCUT2D eigenvalue weighted by atomic mass is 16.3. The van der Waals surface area contributed by atoms with Crippen molar-refractivity contribution in [3.05, 3.63) is 24.3 Å². The maximum absolute atomic E-state index is 8.80. The molecule has 0 saturated heterocycles. The first-order chi connectivity index (χ1) is 8.29. The molecule has 17 heavy (non-hydrogen) atoms. The van der Waals surface area contributed by atoms with E-state index in [0.717, 1.165) is 24.0 Å². The molecule has 0 radical (unpaired) electrons. The number of aliphatic hydroxyl groups is 1. The Kier molecular flexibility index (Phi) is 3.82. The molecule has 0 aliphatic heterocycles. The third-order valence-electron chi connectivity index (χ3n) is 2.59. The molecule has 2 aromatic rings. The first-order valence-electron chi connectivity index (χ1n) is 5.74. The second kappa shape index (κ2) is 5.54. The molecule has 1 heterocycles. The highest BCUT2D eigenvalue weighted by Crippen LogP contribution is 2.09. The molecular weight excluding hydrogens is 216 g/mol. The van der Waals surface area contributed by atoms with E-state index in [2.05, 4.69) is 27.4 Å². The molecule has 1 unspecified atom stereocenters. The fraction of sp³-hybridized carbons (Fsp3) is 0.417. The van der Waals surface area contributed by atoms with E-state index < -0.39 is 0 Å². The van der Waals surface area contributed by atoms with Crippen LogP contribution in [-0.4, -0.2) is 33.4 Å². The molecule has 2 N–H and O–H groups in total. The lowest BCUT2D eigenvalue weighted by atomic mass is 10.1. The second-order valence-electron chi connectivity index (χ2n) is 4.12. The molecule has 0 fully saturated rings. The van der Waals surface area contributed by atoms with Gasteiger partial charge in [-0.15, -0.1) is 10.2 Å². The summed E-state index contributed by atoms with van der Waals surface area (Å²) in [4.78, 5) is 4.36. The van der Waals surface area contributed by atoms with Crippen molar-refractivity contribution in [1.82, 2.24) is 15.2 Å². The first kappa shape index (κ1) is 11.7. The zero-order chi connectivity index (χ0) is 12.1. The standard InChI is InChI=1S/C12H16N4O/c1-9(6-7-17)8-13-12-14-10-4-2-3-5-11(10)15-16-12/h2-5,9,17H,6-8H2,1H3,(H,13,14,16). The Balaban J connectivity index is 2.04. The second-order valence-corrected chi connectivity index (χ2v) is 4.12. The minimum Gasteiger partial charge on any atom is -0.396 e. The molecule has 0 spiro atoms. The number of hydrogen-bond acceptors (Lipinski definition) is 5. The number of para-hydroxylation sites is 1. The van der Waals surface area contributed by atoms with E-state index in [9.17, 15) is 0 Å². The summed E-state index contributed by atoms with van der Waals surface area (Å²) in [6.45, 7) is 3.01. The zero-order valence-corrected chi connectivity index (χ0v) is 9.80. The van der Waals surface area contributed by atoms with E-state index in [1.54, 1.807) is 0 Å². The lowest BCUT2D eigenvalue weighted by Gasteiger charge is -2.10. The largest absolute Gasteiger partial charge is 0.396 e. The van der Waals surface area contributed by atoms with Crippen LogP contribution in [0.4, 0.5) is 5.95 Å². The average molecular weight is 232 g/mol. The van der Waals surface area contributed by atoms with Crippen LogP contribution in [0.3, 0.4) is 0 Å². The molecule has 1 aromatic carbocycles. The van der Waals surface area contributed by atoms with E-state index >= 15 is 0 Å². The van der Waals surface area contributed by atoms with E-state index in [0.29, 0.717) is 11.9 Å². The Bertz CT molecular complexity index is 489. The van der Waals surface area contributed by atoms with Crippen LogP contribution >= 0.6 is 0 Å². The van der Waals surface area contributed by atoms with E-state index in [-0.39, 0.29) is 6.61 Å². The van der Waals surface area contributed by atoms with Gasteiger partial charge in [0, 0.05) is 13.2 Å². The lowest BCUT2D eigenvalue weighted by Crippen LogP contribution is -2.14. The van der Waals surface area contributed by atoms with Crippen molar-refractivity contribution in [2.45, 2.75) is 13.3 Å². The van der Waals surface area contributed by atoms with Crippen molar-refractivity contribution in [3.8, 4) is 0 Å². The molecular formula is C12H16N4O. The molecule has 2 rings (SSSR count). The number of fused-ring (bicyclic) bond motifs is 1. The van der Waals surface area contributed by atoms with Crippen LogP contribution in [0, 0.1) is 5.92 Å². The molecule has 0 amide bonds. The quantitative estimate of drug-likeness (QED) is 0.816. The molecule has 0 saturated carbocycles. The number of nitrogens with one attached hydrogen (secondary N) is 1. The fourth-order valence-corrected chi connectivity index (χ4v) is 1.54. The Hall–Kier alpha value is -1.75. The van der Waals surface area contributed by atoms with Crippen LogP contribution < -0.4 is 5.32 Å². The summed E-state index contributed by atoms with van der Waals surface area (Å²) in [5.41, 5.74) is 1.63. The van der Waals surface area contributed by atoms with E-state index in [4.69, 9.17) is 5.11 Å². The van der Waals surface area contributed by atoms with E-state index in [1.165, 1.54) is 0 Å². The van der Waals surface area contributed by atoms with Gasteiger partial charge in [-0.25, -0.2) is 4.98 Å². The van der Waals surface area contributed by atoms with Crippen LogP contribution in [0.1, 0.15) is 13.3 Å². The van der Waals surface area contributed by atoms with Gasteiger partial charge in [0.05, 0.1) is 5.52 Å². The molecule has 0 bridgehead atoms. The number of nitrogens with zero attached hydrogens (tertiary/aromatic N) is 3. The Morgan fingerprint density at radius 2 is 2.00 bits per heavy atom. The van der Waals surface area contributed by atoms with Crippen molar-refractivity contribution >= 4 is 17.0 Å². The maximum atomic E-state index is 8.80. The first-order valence-corrected chi connectivity index (χ1v) is 5.74. The molecule has 1 aromatic heterocycles. The Morgan fingerprint density at radius 1 is 1.24 bits per heavy atom. The molecule has 5 nitrogen and oxygen atoms in total. The van der Waals surface area contributed by atoms with Crippen LogP contribution in [0.15, 0.2) is 24.3 Å². The van der Waals surface area contributed by atoms with Crippen molar-refractivity contribution in [2.24, 2.45) is 5.92 Å². The van der Waals surface area contributed by atoms with Gasteiger partial charge >= 0.3 is 0 Å². The van der Waals surface area contributed by atoms with Crippen LogP contribution in [0.2, 0.25) is 0 Å². The monoisotopic (exact) mass is 232 g/mol. The number of aromatic nitrogens is 3. The number of aliphatic hydroxyl groups excluding tert-OH is 1. The molecule has 90 valence electrons. The Labute approximate surface area is 99.9 Å². The predicted molar refractivity (Wildman–Crippen MR) is 66.7 cm³/mol. The summed E-state index contributed by atoms with van der Waals surface area (Å²) >= 11 is 0. The van der Waals surface area contributed by atoms with Gasteiger partial charge in [-0.3, -0.25) is 0 Å². The summed E-state index contributed by atoms with van der Waals surface area (Å²) in [5.74, 6) is 0.920. The van der Waals surface area contributed by atoms with Crippen LogP contribution in [0.5, 0.6) is 0 Å². The number of rotatable bonds is 5. The van der Waals surface area contributed by atoms with Crippen molar-refractivity contribution in [2.75, 3.05) is 18.5 Å². The molecule has 0 aliphatic carbocycles. The SMILES string of the molecule is CC(CCO)CNc1nnc2ccccc2n1. The average Bonchev–Trinajstić information content (AvgIpc) is 2.36. The highest BCUT2D eigenvalue weighted by molar-refractivity contribution is 5.73. The normalized spacial score (nSPS) is 12.6. The summed E-state index contributed by atoms with van der Waals surface area (Å²) in [6.07, 6.45) is 0.772. The number of hydrogen-bond donors (Lipinski definition) is 2. The van der Waals surface area contributed by atoms with Crippen LogP contribution in [-0.2, 0) is 0 Å². The van der Waals surface area contributed by atoms with Crippen molar-refractivity contribution in [3.63, 3.8) is 0 Å².